The van der Waals surface area contributed by atoms with Crippen molar-refractivity contribution in [2.24, 2.45) is 0 Å². The lowest BCUT2D eigenvalue weighted by Crippen LogP contribution is -2.30. The zero-order chi connectivity index (χ0) is 43.0. The molecule has 0 rings (SSSR count). The van der Waals surface area contributed by atoms with E-state index < -0.39 is 6.10 Å². The standard InChI is InChI=1S/C53H88O6/c1-4-7-10-13-16-18-20-22-24-26-27-28-30-31-33-35-37-40-43-46-52(55)58-49-50(48-57-51(54)45-42-39-15-12-9-6-3)59-53(56)47-44-41-38-36-34-32-29-25-23-21-19-17-14-11-8-5-2/h7,10,16,18,22,24-25,27-29,31,33,37,40,50H,4-6,8-9,11-15,17,19-21,23,26,30,32,34-36,38-39,41-49H2,1-3H3/b10-7-,18-16-,24-22-,28-27-,29-25-,33-31-,40-37-. The first-order valence-electron chi connectivity index (χ1n) is 24.1. The van der Waals surface area contributed by atoms with Crippen molar-refractivity contribution >= 4 is 17.9 Å². The molecule has 0 heterocycles. The lowest BCUT2D eigenvalue weighted by Gasteiger charge is -2.18. The summed E-state index contributed by atoms with van der Waals surface area (Å²) in [7, 11) is 0. The minimum absolute atomic E-state index is 0.104. The Labute approximate surface area is 363 Å². The number of allylic oxidation sites excluding steroid dienone is 14. The number of carbonyl (C=O) groups excluding carboxylic acids is 3. The Morgan fingerprint density at radius 1 is 0.356 bits per heavy atom. The molecule has 0 aliphatic rings. The van der Waals surface area contributed by atoms with Gasteiger partial charge in [0.15, 0.2) is 6.10 Å². The van der Waals surface area contributed by atoms with Crippen LogP contribution in [0.1, 0.15) is 213 Å². The second-order valence-corrected chi connectivity index (χ2v) is 15.6. The summed E-state index contributed by atoms with van der Waals surface area (Å²) < 4.78 is 16.6. The minimum atomic E-state index is -0.807. The molecule has 0 spiro atoms. The number of esters is 3. The lowest BCUT2D eigenvalue weighted by molar-refractivity contribution is -0.166. The maximum absolute atomic E-state index is 12.7. The Bertz CT molecular complexity index is 1170. The van der Waals surface area contributed by atoms with E-state index in [1.165, 1.54) is 77.0 Å². The third-order valence-corrected chi connectivity index (χ3v) is 9.90. The van der Waals surface area contributed by atoms with Crippen LogP contribution in [0.25, 0.3) is 0 Å². The summed E-state index contributed by atoms with van der Waals surface area (Å²) in [5.41, 5.74) is 0. The highest BCUT2D eigenvalue weighted by Crippen LogP contribution is 2.13. The molecule has 59 heavy (non-hydrogen) atoms. The van der Waals surface area contributed by atoms with Crippen molar-refractivity contribution in [2.45, 2.75) is 219 Å². The molecular formula is C53H88O6. The zero-order valence-corrected chi connectivity index (χ0v) is 38.2. The van der Waals surface area contributed by atoms with Crippen molar-refractivity contribution in [1.29, 1.82) is 0 Å². The largest absolute Gasteiger partial charge is 0.462 e. The molecule has 0 aromatic heterocycles. The first-order valence-corrected chi connectivity index (χ1v) is 24.1. The predicted octanol–water partition coefficient (Wildman–Crippen LogP) is 15.6. The Balaban J connectivity index is 4.39. The van der Waals surface area contributed by atoms with Crippen LogP contribution < -0.4 is 0 Å². The Hall–Kier alpha value is -3.41. The highest BCUT2D eigenvalue weighted by atomic mass is 16.6. The average molecular weight is 821 g/mol. The molecule has 336 valence electrons. The monoisotopic (exact) mass is 821 g/mol. The number of rotatable bonds is 42. The van der Waals surface area contributed by atoms with Gasteiger partial charge in [-0.15, -0.1) is 0 Å². The van der Waals surface area contributed by atoms with Gasteiger partial charge in [-0.1, -0.05) is 196 Å². The highest BCUT2D eigenvalue weighted by Gasteiger charge is 2.19. The molecule has 6 heteroatoms. The van der Waals surface area contributed by atoms with Crippen molar-refractivity contribution in [3.63, 3.8) is 0 Å². The average Bonchev–Trinajstić information content (AvgIpc) is 3.23. The van der Waals surface area contributed by atoms with Crippen molar-refractivity contribution in [3.05, 3.63) is 85.1 Å². The highest BCUT2D eigenvalue weighted by molar-refractivity contribution is 5.71. The third-order valence-electron chi connectivity index (χ3n) is 9.90. The molecule has 0 aliphatic heterocycles. The summed E-state index contributed by atoms with van der Waals surface area (Å²) in [4.78, 5) is 37.6. The molecule has 1 atom stereocenters. The van der Waals surface area contributed by atoms with Crippen molar-refractivity contribution in [2.75, 3.05) is 13.2 Å². The van der Waals surface area contributed by atoms with Gasteiger partial charge in [0.2, 0.25) is 0 Å². The first-order chi connectivity index (χ1) is 29.0. The summed E-state index contributed by atoms with van der Waals surface area (Å²) in [5, 5.41) is 0. The zero-order valence-electron chi connectivity index (χ0n) is 38.2. The molecule has 0 bridgehead atoms. The Morgan fingerprint density at radius 3 is 1.14 bits per heavy atom. The van der Waals surface area contributed by atoms with E-state index in [0.717, 1.165) is 89.9 Å². The Kier molecular flexibility index (Phi) is 44.5. The van der Waals surface area contributed by atoms with Gasteiger partial charge in [-0.25, -0.2) is 0 Å². The summed E-state index contributed by atoms with van der Waals surface area (Å²) in [6.45, 7) is 6.37. The van der Waals surface area contributed by atoms with Gasteiger partial charge in [0.25, 0.3) is 0 Å². The molecule has 0 aromatic rings. The second kappa shape index (κ2) is 47.3. The van der Waals surface area contributed by atoms with Crippen LogP contribution in [0.15, 0.2) is 85.1 Å². The summed E-state index contributed by atoms with van der Waals surface area (Å²) in [5.74, 6) is -1.01. The van der Waals surface area contributed by atoms with Gasteiger partial charge in [-0.2, -0.15) is 0 Å². The topological polar surface area (TPSA) is 78.9 Å². The SMILES string of the molecule is CC/C=C\C/C=C\C/C=C\C/C=C\C/C=C\C/C=C\CCC(=O)OCC(COC(=O)CCCCCCCC)OC(=O)CCCCCCC/C=C\CCCCCCCCC. The molecule has 0 fully saturated rings. The first kappa shape index (κ1) is 55.6. The predicted molar refractivity (Wildman–Crippen MR) is 251 cm³/mol. The molecular weight excluding hydrogens is 733 g/mol. The van der Waals surface area contributed by atoms with Gasteiger partial charge >= 0.3 is 17.9 Å². The quantitative estimate of drug-likeness (QED) is 0.0264. The van der Waals surface area contributed by atoms with Crippen LogP contribution in [-0.2, 0) is 28.6 Å². The van der Waals surface area contributed by atoms with Crippen LogP contribution in [0.2, 0.25) is 0 Å². The van der Waals surface area contributed by atoms with E-state index in [0.29, 0.717) is 19.3 Å². The summed E-state index contributed by atoms with van der Waals surface area (Å²) >= 11 is 0. The third kappa shape index (κ3) is 45.5. The molecule has 0 saturated carbocycles. The van der Waals surface area contributed by atoms with Crippen LogP contribution in [0.5, 0.6) is 0 Å². The van der Waals surface area contributed by atoms with Crippen LogP contribution in [0, 0.1) is 0 Å². The maximum atomic E-state index is 12.7. The minimum Gasteiger partial charge on any atom is -0.462 e. The van der Waals surface area contributed by atoms with Crippen LogP contribution in [0.3, 0.4) is 0 Å². The van der Waals surface area contributed by atoms with E-state index in [4.69, 9.17) is 14.2 Å². The molecule has 6 nitrogen and oxygen atoms in total. The maximum Gasteiger partial charge on any atom is 0.306 e. The molecule has 0 saturated heterocycles. The molecule has 0 radical (unpaired) electrons. The van der Waals surface area contributed by atoms with E-state index in [2.05, 4.69) is 93.7 Å². The summed E-state index contributed by atoms with van der Waals surface area (Å²) in [6.07, 6.45) is 60.3. The van der Waals surface area contributed by atoms with Crippen molar-refractivity contribution in [3.8, 4) is 0 Å². The van der Waals surface area contributed by atoms with Gasteiger partial charge in [-0.3, -0.25) is 14.4 Å². The van der Waals surface area contributed by atoms with E-state index in [-0.39, 0.29) is 37.5 Å². The molecule has 0 N–H and O–H groups in total. The number of ether oxygens (including phenoxy) is 3. The molecule has 0 aliphatic carbocycles. The van der Waals surface area contributed by atoms with Gasteiger partial charge in [0, 0.05) is 19.3 Å². The fourth-order valence-corrected chi connectivity index (χ4v) is 6.28. The number of hydrogen-bond acceptors (Lipinski definition) is 6. The molecule has 0 aromatic carbocycles. The number of carbonyl (C=O) groups is 3. The number of hydrogen-bond donors (Lipinski definition) is 0. The molecule has 1 unspecified atom stereocenters. The van der Waals surface area contributed by atoms with Crippen molar-refractivity contribution in [1.82, 2.24) is 0 Å². The molecule has 0 amide bonds. The fourth-order valence-electron chi connectivity index (χ4n) is 6.28. The van der Waals surface area contributed by atoms with Gasteiger partial charge in [0.1, 0.15) is 13.2 Å². The smallest absolute Gasteiger partial charge is 0.306 e. The van der Waals surface area contributed by atoms with E-state index in [9.17, 15) is 14.4 Å². The van der Waals surface area contributed by atoms with Crippen LogP contribution in [-0.4, -0.2) is 37.2 Å². The van der Waals surface area contributed by atoms with Crippen LogP contribution in [0.4, 0.5) is 0 Å². The second-order valence-electron chi connectivity index (χ2n) is 15.6. The van der Waals surface area contributed by atoms with Gasteiger partial charge in [0.05, 0.1) is 0 Å². The van der Waals surface area contributed by atoms with Crippen molar-refractivity contribution < 1.29 is 28.6 Å². The van der Waals surface area contributed by atoms with Crippen LogP contribution >= 0.6 is 0 Å². The van der Waals surface area contributed by atoms with E-state index >= 15 is 0 Å². The Morgan fingerprint density at radius 2 is 0.695 bits per heavy atom. The normalized spacial score (nSPS) is 12.8. The number of unbranched alkanes of at least 4 members (excludes halogenated alkanes) is 17. The van der Waals surface area contributed by atoms with Gasteiger partial charge < -0.3 is 14.2 Å². The lowest BCUT2D eigenvalue weighted by atomic mass is 10.1. The fraction of sp³-hybridized carbons (Fsp3) is 0.679. The van der Waals surface area contributed by atoms with E-state index in [1.54, 1.807) is 0 Å². The van der Waals surface area contributed by atoms with E-state index in [1.807, 2.05) is 12.2 Å². The van der Waals surface area contributed by atoms with Gasteiger partial charge in [-0.05, 0) is 83.5 Å². The summed E-state index contributed by atoms with van der Waals surface area (Å²) in [6, 6.07) is 0.